The van der Waals surface area contributed by atoms with Crippen molar-refractivity contribution in [2.45, 2.75) is 26.3 Å². The van der Waals surface area contributed by atoms with Crippen LogP contribution < -0.4 is 16.4 Å². The van der Waals surface area contributed by atoms with Gasteiger partial charge in [-0.25, -0.2) is 0 Å². The molecule has 0 heterocycles. The molecule has 0 saturated carbocycles. The van der Waals surface area contributed by atoms with Crippen molar-refractivity contribution in [3.05, 3.63) is 42.5 Å². The Balaban J connectivity index is 1.87. The molecule has 0 radical (unpaired) electrons. The van der Waals surface area contributed by atoms with Crippen LogP contribution in [0.1, 0.15) is 20.3 Å². The van der Waals surface area contributed by atoms with Gasteiger partial charge in [-0.2, -0.15) is 0 Å². The number of benzene rings is 2. The Kier molecular flexibility index (Phi) is 5.71. The molecule has 4 N–H and O–H groups in total. The first-order valence-corrected chi connectivity index (χ1v) is 7.77. The second-order valence-corrected chi connectivity index (χ2v) is 6.06. The van der Waals surface area contributed by atoms with Crippen molar-refractivity contribution in [3.63, 3.8) is 0 Å². The number of anilines is 1. The number of fused-ring (bicyclic) bond motifs is 1. The van der Waals surface area contributed by atoms with Crippen molar-refractivity contribution >= 4 is 28.3 Å². The molecule has 2 aromatic rings. The monoisotopic (exact) mass is 313 g/mol. The lowest BCUT2D eigenvalue weighted by Gasteiger charge is -2.14. The molecule has 2 aromatic carbocycles. The maximum Gasteiger partial charge on any atom is 0.243 e. The number of hydrogen-bond acceptors (Lipinski definition) is 3. The highest BCUT2D eigenvalue weighted by atomic mass is 16.2. The number of carbonyl (C=O) groups excluding carboxylic acids is 2. The van der Waals surface area contributed by atoms with Crippen molar-refractivity contribution in [1.29, 1.82) is 0 Å². The van der Waals surface area contributed by atoms with Gasteiger partial charge < -0.3 is 16.4 Å². The van der Waals surface area contributed by atoms with E-state index in [2.05, 4.69) is 10.6 Å². The molecule has 2 rings (SSSR count). The highest BCUT2D eigenvalue weighted by Crippen LogP contribution is 2.18. The zero-order valence-corrected chi connectivity index (χ0v) is 13.5. The molecular formula is C18H23N3O2. The lowest BCUT2D eigenvalue weighted by molar-refractivity contribution is -0.125. The fraction of sp³-hybridized carbons (Fsp3) is 0.333. The first-order valence-electron chi connectivity index (χ1n) is 7.77. The molecule has 1 atom stereocenters. The number of rotatable bonds is 6. The summed E-state index contributed by atoms with van der Waals surface area (Å²) in [5.41, 5.74) is 6.48. The summed E-state index contributed by atoms with van der Waals surface area (Å²) in [6.07, 6.45) is 0.595. The Labute approximate surface area is 136 Å². The van der Waals surface area contributed by atoms with E-state index in [1.807, 2.05) is 56.3 Å². The van der Waals surface area contributed by atoms with Crippen LogP contribution in [0.4, 0.5) is 5.69 Å². The van der Waals surface area contributed by atoms with Gasteiger partial charge in [0, 0.05) is 5.69 Å². The Morgan fingerprint density at radius 2 is 1.78 bits per heavy atom. The van der Waals surface area contributed by atoms with E-state index in [4.69, 9.17) is 5.73 Å². The number of nitrogens with one attached hydrogen (secondary N) is 2. The van der Waals surface area contributed by atoms with Crippen molar-refractivity contribution in [2.24, 2.45) is 11.7 Å². The van der Waals surface area contributed by atoms with Crippen LogP contribution in [0.2, 0.25) is 0 Å². The molecule has 0 saturated heterocycles. The number of amides is 2. The van der Waals surface area contributed by atoms with Crippen molar-refractivity contribution in [1.82, 2.24) is 5.32 Å². The maximum atomic E-state index is 11.9. The molecule has 5 heteroatoms. The Hall–Kier alpha value is -2.40. The summed E-state index contributed by atoms with van der Waals surface area (Å²) in [6.45, 7) is 3.91. The molecular weight excluding hydrogens is 290 g/mol. The molecule has 122 valence electrons. The minimum atomic E-state index is -0.580. The lowest BCUT2D eigenvalue weighted by Crippen LogP contribution is -2.44. The van der Waals surface area contributed by atoms with E-state index < -0.39 is 6.04 Å². The van der Waals surface area contributed by atoms with Gasteiger partial charge in [0.15, 0.2) is 0 Å². The van der Waals surface area contributed by atoms with Crippen molar-refractivity contribution in [3.8, 4) is 0 Å². The predicted molar refractivity (Wildman–Crippen MR) is 93.0 cm³/mol. The topological polar surface area (TPSA) is 84.2 Å². The number of hydrogen-bond donors (Lipinski definition) is 3. The second kappa shape index (κ2) is 7.74. The van der Waals surface area contributed by atoms with E-state index in [1.54, 1.807) is 0 Å². The van der Waals surface area contributed by atoms with E-state index in [1.165, 1.54) is 0 Å². The van der Waals surface area contributed by atoms with E-state index in [-0.39, 0.29) is 18.4 Å². The largest absolute Gasteiger partial charge is 0.346 e. The molecule has 0 aromatic heterocycles. The van der Waals surface area contributed by atoms with Gasteiger partial charge in [-0.1, -0.05) is 44.2 Å². The van der Waals surface area contributed by atoms with Crippen LogP contribution in [0, 0.1) is 5.92 Å². The third-order valence-electron chi connectivity index (χ3n) is 3.52. The van der Waals surface area contributed by atoms with E-state index in [0.717, 1.165) is 10.8 Å². The Morgan fingerprint density at radius 3 is 2.48 bits per heavy atom. The molecule has 0 unspecified atom stereocenters. The van der Waals surface area contributed by atoms with Crippen LogP contribution in [0.3, 0.4) is 0 Å². The van der Waals surface area contributed by atoms with Crippen LogP contribution >= 0.6 is 0 Å². The lowest BCUT2D eigenvalue weighted by atomic mass is 10.0. The van der Waals surface area contributed by atoms with Crippen LogP contribution in [-0.4, -0.2) is 24.4 Å². The summed E-state index contributed by atoms with van der Waals surface area (Å²) >= 11 is 0. The van der Waals surface area contributed by atoms with Gasteiger partial charge in [0.25, 0.3) is 0 Å². The predicted octanol–water partition coefficient (Wildman–Crippen LogP) is 2.27. The fourth-order valence-corrected chi connectivity index (χ4v) is 2.39. The van der Waals surface area contributed by atoms with Gasteiger partial charge in [0.05, 0.1) is 12.6 Å². The molecule has 0 fully saturated rings. The summed E-state index contributed by atoms with van der Waals surface area (Å²) in [7, 11) is 0. The average Bonchev–Trinajstić information content (AvgIpc) is 2.51. The maximum absolute atomic E-state index is 11.9. The standard InChI is InChI=1S/C18H23N3O2/c1-12(2)9-16(19)18(23)20-11-17(22)21-15-8-7-13-5-3-4-6-14(13)10-15/h3-8,10,12,16H,9,11,19H2,1-2H3,(H,20,23)(H,21,22)/t16-/m0/s1. The average molecular weight is 313 g/mol. The Bertz CT molecular complexity index is 697. The molecule has 0 bridgehead atoms. The fourth-order valence-electron chi connectivity index (χ4n) is 2.39. The first-order chi connectivity index (χ1) is 11.0. The number of carbonyl (C=O) groups is 2. The van der Waals surface area contributed by atoms with Gasteiger partial charge in [-0.15, -0.1) is 0 Å². The van der Waals surface area contributed by atoms with Crippen LogP contribution in [0.25, 0.3) is 10.8 Å². The van der Waals surface area contributed by atoms with Crippen LogP contribution in [-0.2, 0) is 9.59 Å². The second-order valence-electron chi connectivity index (χ2n) is 6.06. The van der Waals surface area contributed by atoms with Gasteiger partial charge in [0.1, 0.15) is 0 Å². The Morgan fingerprint density at radius 1 is 1.09 bits per heavy atom. The van der Waals surface area contributed by atoms with Crippen LogP contribution in [0.5, 0.6) is 0 Å². The quantitative estimate of drug-likeness (QED) is 0.765. The molecule has 2 amide bonds. The van der Waals surface area contributed by atoms with E-state index in [0.29, 0.717) is 18.0 Å². The molecule has 23 heavy (non-hydrogen) atoms. The minimum Gasteiger partial charge on any atom is -0.346 e. The SMILES string of the molecule is CC(C)C[C@H](N)C(=O)NCC(=O)Nc1ccc2ccccc2c1. The van der Waals surface area contributed by atoms with Gasteiger partial charge in [-0.3, -0.25) is 9.59 Å². The summed E-state index contributed by atoms with van der Waals surface area (Å²) in [4.78, 5) is 23.7. The zero-order chi connectivity index (χ0) is 16.8. The molecule has 0 aliphatic carbocycles. The van der Waals surface area contributed by atoms with Gasteiger partial charge >= 0.3 is 0 Å². The van der Waals surface area contributed by atoms with E-state index in [9.17, 15) is 9.59 Å². The molecule has 0 aliphatic heterocycles. The summed E-state index contributed by atoms with van der Waals surface area (Å²) in [5.74, 6) is -0.236. The third kappa shape index (κ3) is 5.07. The smallest absolute Gasteiger partial charge is 0.243 e. The highest BCUT2D eigenvalue weighted by Gasteiger charge is 2.15. The van der Waals surface area contributed by atoms with Gasteiger partial charge in [-0.05, 0) is 35.2 Å². The normalized spacial score (nSPS) is 12.2. The molecule has 0 spiro atoms. The van der Waals surface area contributed by atoms with Gasteiger partial charge in [0.2, 0.25) is 11.8 Å². The number of nitrogens with two attached hydrogens (primary N) is 1. The minimum absolute atomic E-state index is 0.0859. The summed E-state index contributed by atoms with van der Waals surface area (Å²) < 4.78 is 0. The van der Waals surface area contributed by atoms with Crippen LogP contribution in [0.15, 0.2) is 42.5 Å². The first kappa shape index (κ1) is 17.0. The summed E-state index contributed by atoms with van der Waals surface area (Å²) in [6, 6.07) is 13.0. The molecule has 5 nitrogen and oxygen atoms in total. The van der Waals surface area contributed by atoms with Crippen molar-refractivity contribution in [2.75, 3.05) is 11.9 Å². The summed E-state index contributed by atoms with van der Waals surface area (Å²) in [5, 5.41) is 7.50. The molecule has 0 aliphatic rings. The van der Waals surface area contributed by atoms with E-state index >= 15 is 0 Å². The third-order valence-corrected chi connectivity index (χ3v) is 3.52. The highest BCUT2D eigenvalue weighted by molar-refractivity contribution is 5.97. The van der Waals surface area contributed by atoms with Crippen molar-refractivity contribution < 1.29 is 9.59 Å². The zero-order valence-electron chi connectivity index (χ0n) is 13.5.